The highest BCUT2D eigenvalue weighted by atomic mass is 16.5. The van der Waals surface area contributed by atoms with Crippen LogP contribution in [0.2, 0.25) is 0 Å². The number of hydrogen-bond acceptors (Lipinski definition) is 6. The van der Waals surface area contributed by atoms with Crippen LogP contribution in [0.15, 0.2) is 35.2 Å². The van der Waals surface area contributed by atoms with E-state index in [1.165, 1.54) is 0 Å². The molecular formula is C18H22N4O3. The van der Waals surface area contributed by atoms with E-state index < -0.39 is 0 Å². The maximum absolute atomic E-state index is 12.7. The van der Waals surface area contributed by atoms with Gasteiger partial charge in [-0.3, -0.25) is 4.79 Å². The third-order valence-corrected chi connectivity index (χ3v) is 5.20. The number of carbonyl (C=O) groups is 1. The van der Waals surface area contributed by atoms with Gasteiger partial charge in [0.05, 0.1) is 24.5 Å². The van der Waals surface area contributed by atoms with E-state index in [1.807, 2.05) is 11.8 Å². The number of piperidine rings is 1. The molecule has 2 fully saturated rings. The molecule has 2 saturated heterocycles. The summed E-state index contributed by atoms with van der Waals surface area (Å²) in [6.45, 7) is 4.71. The fourth-order valence-corrected chi connectivity index (χ4v) is 3.84. The number of furan rings is 1. The number of aryl methyl sites for hydroxylation is 1. The Balaban J connectivity index is 1.35. The van der Waals surface area contributed by atoms with E-state index in [2.05, 4.69) is 15.3 Å². The van der Waals surface area contributed by atoms with E-state index in [-0.39, 0.29) is 12.0 Å². The Kier molecular flexibility index (Phi) is 4.40. The summed E-state index contributed by atoms with van der Waals surface area (Å²) in [6.07, 6.45) is 6.10. The van der Waals surface area contributed by atoms with E-state index in [4.69, 9.17) is 9.15 Å². The van der Waals surface area contributed by atoms with Crippen LogP contribution in [0.4, 0.5) is 5.95 Å². The molecule has 7 nitrogen and oxygen atoms in total. The smallest absolute Gasteiger partial charge is 0.257 e. The predicted octanol–water partition coefficient (Wildman–Crippen LogP) is 1.97. The van der Waals surface area contributed by atoms with Crippen molar-refractivity contribution < 1.29 is 13.9 Å². The van der Waals surface area contributed by atoms with Crippen molar-refractivity contribution in [3.8, 4) is 0 Å². The summed E-state index contributed by atoms with van der Waals surface area (Å²) < 4.78 is 11.3. The fraction of sp³-hybridized carbons (Fsp3) is 0.500. The van der Waals surface area contributed by atoms with Gasteiger partial charge in [0.2, 0.25) is 5.95 Å². The largest absolute Gasteiger partial charge is 0.469 e. The molecule has 7 heteroatoms. The molecule has 0 aliphatic carbocycles. The molecule has 0 radical (unpaired) electrons. The molecule has 3 atom stereocenters. The number of likely N-dealkylation sites (tertiary alicyclic amines) is 1. The molecule has 2 aliphatic rings. The number of ether oxygens (including phenoxy) is 1. The summed E-state index contributed by atoms with van der Waals surface area (Å²) in [4.78, 5) is 22.9. The molecule has 0 saturated carbocycles. The van der Waals surface area contributed by atoms with Crippen molar-refractivity contribution in [2.45, 2.75) is 19.4 Å². The van der Waals surface area contributed by atoms with Crippen molar-refractivity contribution in [1.29, 1.82) is 0 Å². The second-order valence-electron chi connectivity index (χ2n) is 6.68. The second-order valence-corrected chi connectivity index (χ2v) is 6.68. The fourth-order valence-electron chi connectivity index (χ4n) is 3.84. The first-order chi connectivity index (χ1) is 12.2. The lowest BCUT2D eigenvalue weighted by atomic mass is 9.84. The monoisotopic (exact) mass is 342 g/mol. The molecule has 0 unspecified atom stereocenters. The van der Waals surface area contributed by atoms with E-state index in [0.717, 1.165) is 19.5 Å². The van der Waals surface area contributed by atoms with Gasteiger partial charge in [-0.15, -0.1) is 0 Å². The summed E-state index contributed by atoms with van der Waals surface area (Å²) in [5.74, 6) is 2.21. The first kappa shape index (κ1) is 16.1. The Hall–Kier alpha value is -2.41. The highest BCUT2D eigenvalue weighted by Crippen LogP contribution is 2.35. The summed E-state index contributed by atoms with van der Waals surface area (Å²) in [5.41, 5.74) is 0.664. The number of anilines is 1. The van der Waals surface area contributed by atoms with Crippen LogP contribution in [0.1, 0.15) is 22.5 Å². The Labute approximate surface area is 146 Å². The molecule has 2 aromatic rings. The minimum Gasteiger partial charge on any atom is -0.469 e. The van der Waals surface area contributed by atoms with E-state index in [9.17, 15) is 4.79 Å². The van der Waals surface area contributed by atoms with Crippen LogP contribution in [0, 0.1) is 18.8 Å². The Morgan fingerprint density at radius 2 is 2.24 bits per heavy atom. The third kappa shape index (κ3) is 3.24. The molecule has 1 amide bonds. The van der Waals surface area contributed by atoms with Gasteiger partial charge in [0.25, 0.3) is 5.91 Å². The van der Waals surface area contributed by atoms with E-state index in [0.29, 0.717) is 42.3 Å². The van der Waals surface area contributed by atoms with Gasteiger partial charge < -0.3 is 19.4 Å². The van der Waals surface area contributed by atoms with Gasteiger partial charge in [-0.2, -0.15) is 0 Å². The molecule has 4 heterocycles. The van der Waals surface area contributed by atoms with Crippen molar-refractivity contribution in [2.75, 3.05) is 31.6 Å². The van der Waals surface area contributed by atoms with Crippen LogP contribution in [-0.2, 0) is 4.74 Å². The Morgan fingerprint density at radius 3 is 3.00 bits per heavy atom. The number of nitrogens with zero attached hydrogens (tertiary/aromatic N) is 3. The molecule has 0 bridgehead atoms. The van der Waals surface area contributed by atoms with Gasteiger partial charge in [0.15, 0.2) is 0 Å². The summed E-state index contributed by atoms with van der Waals surface area (Å²) >= 11 is 0. The molecule has 132 valence electrons. The summed E-state index contributed by atoms with van der Waals surface area (Å²) in [5, 5.41) is 3.24. The van der Waals surface area contributed by atoms with Crippen LogP contribution >= 0.6 is 0 Å². The molecule has 4 rings (SSSR count). The van der Waals surface area contributed by atoms with Gasteiger partial charge in [-0.05, 0) is 31.4 Å². The zero-order valence-corrected chi connectivity index (χ0v) is 14.2. The number of fused-ring (bicyclic) bond motifs is 1. The first-order valence-electron chi connectivity index (χ1n) is 8.68. The summed E-state index contributed by atoms with van der Waals surface area (Å²) in [7, 11) is 0. The SMILES string of the molecule is Cc1occc1C(=O)N1CC[C@@H]2[C@@H](CO[C@@H]2CNc2ncccn2)C1. The zero-order chi connectivity index (χ0) is 17.2. The van der Waals surface area contributed by atoms with Gasteiger partial charge in [-0.1, -0.05) is 0 Å². The second kappa shape index (κ2) is 6.84. The molecule has 0 spiro atoms. The van der Waals surface area contributed by atoms with E-state index in [1.54, 1.807) is 30.8 Å². The van der Waals surface area contributed by atoms with Crippen LogP contribution in [-0.4, -0.2) is 53.1 Å². The van der Waals surface area contributed by atoms with Crippen molar-refractivity contribution in [1.82, 2.24) is 14.9 Å². The average molecular weight is 342 g/mol. The van der Waals surface area contributed by atoms with Crippen molar-refractivity contribution in [3.63, 3.8) is 0 Å². The Morgan fingerprint density at radius 1 is 1.40 bits per heavy atom. The van der Waals surface area contributed by atoms with Crippen molar-refractivity contribution in [2.24, 2.45) is 11.8 Å². The van der Waals surface area contributed by atoms with Crippen LogP contribution in [0.3, 0.4) is 0 Å². The van der Waals surface area contributed by atoms with Crippen LogP contribution < -0.4 is 5.32 Å². The minimum atomic E-state index is 0.0592. The minimum absolute atomic E-state index is 0.0592. The van der Waals surface area contributed by atoms with E-state index >= 15 is 0 Å². The standard InChI is InChI=1S/C18H22N4O3/c1-12-14(4-8-24-12)17(23)22-7-3-15-13(10-22)11-25-16(15)9-21-18-19-5-2-6-20-18/h2,4-6,8,13,15-16H,3,7,9-11H2,1H3,(H,19,20,21)/t13-,15-,16-/m1/s1. The normalized spacial score (nSPS) is 25.6. The lowest BCUT2D eigenvalue weighted by molar-refractivity contribution is 0.0619. The highest BCUT2D eigenvalue weighted by molar-refractivity contribution is 5.95. The van der Waals surface area contributed by atoms with Gasteiger partial charge in [-0.25, -0.2) is 9.97 Å². The lowest BCUT2D eigenvalue weighted by Gasteiger charge is -2.35. The quantitative estimate of drug-likeness (QED) is 0.915. The number of aromatic nitrogens is 2. The molecule has 2 aliphatic heterocycles. The molecular weight excluding hydrogens is 320 g/mol. The summed E-state index contributed by atoms with van der Waals surface area (Å²) in [6, 6.07) is 3.54. The van der Waals surface area contributed by atoms with Crippen molar-refractivity contribution >= 4 is 11.9 Å². The molecule has 0 aromatic carbocycles. The van der Waals surface area contributed by atoms with Gasteiger partial charge in [0, 0.05) is 37.9 Å². The predicted molar refractivity (Wildman–Crippen MR) is 91.2 cm³/mol. The van der Waals surface area contributed by atoms with Gasteiger partial charge >= 0.3 is 0 Å². The van der Waals surface area contributed by atoms with Crippen LogP contribution in [0.25, 0.3) is 0 Å². The maximum Gasteiger partial charge on any atom is 0.257 e. The third-order valence-electron chi connectivity index (χ3n) is 5.20. The topological polar surface area (TPSA) is 80.5 Å². The van der Waals surface area contributed by atoms with Crippen LogP contribution in [0.5, 0.6) is 0 Å². The Bertz CT molecular complexity index is 733. The lowest BCUT2D eigenvalue weighted by Crippen LogP contribution is -2.45. The zero-order valence-electron chi connectivity index (χ0n) is 14.2. The van der Waals surface area contributed by atoms with Gasteiger partial charge in [0.1, 0.15) is 5.76 Å². The number of hydrogen-bond donors (Lipinski definition) is 1. The number of amides is 1. The molecule has 1 N–H and O–H groups in total. The molecule has 25 heavy (non-hydrogen) atoms. The number of carbonyl (C=O) groups excluding carboxylic acids is 1. The van der Waals surface area contributed by atoms with Crippen molar-refractivity contribution in [3.05, 3.63) is 42.1 Å². The maximum atomic E-state index is 12.7. The average Bonchev–Trinajstić information content (AvgIpc) is 3.25. The molecule has 2 aromatic heterocycles. The first-order valence-corrected chi connectivity index (χ1v) is 8.68. The number of rotatable bonds is 4. The highest BCUT2D eigenvalue weighted by Gasteiger charge is 2.42. The number of nitrogens with one attached hydrogen (secondary N) is 1.